The Morgan fingerprint density at radius 2 is 1.91 bits per heavy atom. The van der Waals surface area contributed by atoms with Crippen LogP contribution < -0.4 is 10.6 Å². The minimum atomic E-state index is -0.315. The third-order valence-corrected chi connectivity index (χ3v) is 3.28. The molecule has 0 aliphatic carbocycles. The van der Waals surface area contributed by atoms with E-state index >= 15 is 0 Å². The van der Waals surface area contributed by atoms with Gasteiger partial charge in [0.1, 0.15) is 5.52 Å². The van der Waals surface area contributed by atoms with Crippen molar-refractivity contribution in [3.63, 3.8) is 0 Å². The number of nitrogens with one attached hydrogen (secondary N) is 2. The second-order valence-electron chi connectivity index (χ2n) is 5.14. The van der Waals surface area contributed by atoms with Crippen LogP contribution in [0.15, 0.2) is 42.7 Å². The maximum Gasteiger partial charge on any atom is 0.259 e. The number of hydrogen-bond acceptors (Lipinski definition) is 4. The van der Waals surface area contributed by atoms with Crippen LogP contribution >= 0.6 is 0 Å². The summed E-state index contributed by atoms with van der Waals surface area (Å²) in [6, 6.07) is 8.92. The van der Waals surface area contributed by atoms with Gasteiger partial charge in [-0.1, -0.05) is 6.07 Å². The van der Waals surface area contributed by atoms with Crippen molar-refractivity contribution in [3.05, 3.63) is 53.9 Å². The zero-order chi connectivity index (χ0) is 16.4. The summed E-state index contributed by atoms with van der Waals surface area (Å²) >= 11 is 0. The van der Waals surface area contributed by atoms with E-state index in [-0.39, 0.29) is 11.8 Å². The largest absolute Gasteiger partial charge is 0.325 e. The smallest absolute Gasteiger partial charge is 0.259 e. The molecule has 2 aromatic heterocycles. The average Bonchev–Trinajstić information content (AvgIpc) is 2.93. The van der Waals surface area contributed by atoms with Crippen LogP contribution in [0.3, 0.4) is 0 Å². The summed E-state index contributed by atoms with van der Waals surface area (Å²) in [5.74, 6) is -0.519. The minimum absolute atomic E-state index is 0.204. The van der Waals surface area contributed by atoms with Crippen molar-refractivity contribution in [2.45, 2.75) is 13.8 Å². The Morgan fingerprint density at radius 3 is 2.70 bits per heavy atom. The Balaban J connectivity index is 1.93. The van der Waals surface area contributed by atoms with E-state index in [1.165, 1.54) is 17.8 Å². The number of nitrogens with zero attached hydrogens (tertiary/aromatic N) is 3. The number of rotatable bonds is 3. The van der Waals surface area contributed by atoms with E-state index in [1.54, 1.807) is 30.5 Å². The Labute approximate surface area is 132 Å². The molecule has 2 N–H and O–H groups in total. The standard InChI is InChI=1S/C16H15N5O2/c1-10-5-6-13(19-11(2)22)14(8-10)20-16(23)12-9-18-21-15(12)4-3-7-17-21/h3-9H,1-2H3,(H,19,22)(H,20,23). The van der Waals surface area contributed by atoms with Crippen LogP contribution in [0.5, 0.6) is 0 Å². The monoisotopic (exact) mass is 309 g/mol. The van der Waals surface area contributed by atoms with Crippen molar-refractivity contribution >= 4 is 28.7 Å². The summed E-state index contributed by atoms with van der Waals surface area (Å²) < 4.78 is 1.39. The molecular weight excluding hydrogens is 294 g/mol. The molecule has 23 heavy (non-hydrogen) atoms. The number of aromatic nitrogens is 3. The Bertz CT molecular complexity index is 900. The lowest BCUT2D eigenvalue weighted by molar-refractivity contribution is -0.114. The lowest BCUT2D eigenvalue weighted by Gasteiger charge is -2.12. The fourth-order valence-electron chi connectivity index (χ4n) is 2.26. The Hall–Kier alpha value is -3.22. The third kappa shape index (κ3) is 3.03. The van der Waals surface area contributed by atoms with Gasteiger partial charge >= 0.3 is 0 Å². The summed E-state index contributed by atoms with van der Waals surface area (Å²) in [6.07, 6.45) is 3.06. The molecule has 0 saturated heterocycles. The molecule has 0 aliphatic rings. The number of amides is 2. The molecule has 3 rings (SSSR count). The molecule has 2 amide bonds. The van der Waals surface area contributed by atoms with Crippen molar-refractivity contribution in [1.29, 1.82) is 0 Å². The molecule has 0 aliphatic heterocycles. The number of carbonyl (C=O) groups is 2. The van der Waals surface area contributed by atoms with E-state index in [9.17, 15) is 9.59 Å². The van der Waals surface area contributed by atoms with Gasteiger partial charge in [0.2, 0.25) is 5.91 Å². The lowest BCUT2D eigenvalue weighted by Crippen LogP contribution is -2.15. The fourth-order valence-corrected chi connectivity index (χ4v) is 2.26. The van der Waals surface area contributed by atoms with Crippen LogP contribution in [-0.4, -0.2) is 26.6 Å². The lowest BCUT2D eigenvalue weighted by atomic mass is 10.1. The van der Waals surface area contributed by atoms with Crippen molar-refractivity contribution in [2.24, 2.45) is 0 Å². The predicted octanol–water partition coefficient (Wildman–Crippen LogP) is 2.25. The molecule has 0 spiro atoms. The van der Waals surface area contributed by atoms with Gasteiger partial charge in [-0.25, -0.2) is 0 Å². The quantitative estimate of drug-likeness (QED) is 0.776. The zero-order valence-electron chi connectivity index (χ0n) is 12.7. The number of aryl methyl sites for hydroxylation is 1. The second-order valence-corrected chi connectivity index (χ2v) is 5.14. The SMILES string of the molecule is CC(=O)Nc1ccc(C)cc1NC(=O)c1cnn2ncccc12. The molecule has 0 atom stereocenters. The van der Waals surface area contributed by atoms with Crippen LogP contribution in [0, 0.1) is 6.92 Å². The van der Waals surface area contributed by atoms with Gasteiger partial charge in [0.15, 0.2) is 0 Å². The highest BCUT2D eigenvalue weighted by Gasteiger charge is 2.15. The predicted molar refractivity (Wildman–Crippen MR) is 86.4 cm³/mol. The van der Waals surface area contributed by atoms with E-state index in [1.807, 2.05) is 13.0 Å². The minimum Gasteiger partial charge on any atom is -0.325 e. The van der Waals surface area contributed by atoms with Crippen LogP contribution in [0.2, 0.25) is 0 Å². The Kier molecular flexibility index (Phi) is 3.76. The number of carbonyl (C=O) groups excluding carboxylic acids is 2. The normalized spacial score (nSPS) is 10.5. The molecule has 0 radical (unpaired) electrons. The number of benzene rings is 1. The van der Waals surface area contributed by atoms with E-state index in [2.05, 4.69) is 20.8 Å². The molecule has 1 aromatic carbocycles. The van der Waals surface area contributed by atoms with Crippen LogP contribution in [0.25, 0.3) is 5.52 Å². The molecular formula is C16H15N5O2. The maximum atomic E-state index is 12.5. The average molecular weight is 309 g/mol. The fraction of sp³-hybridized carbons (Fsp3) is 0.125. The molecule has 0 unspecified atom stereocenters. The van der Waals surface area contributed by atoms with Crippen molar-refractivity contribution in [3.8, 4) is 0 Å². The first-order valence-electron chi connectivity index (χ1n) is 7.03. The topological polar surface area (TPSA) is 88.4 Å². The van der Waals surface area contributed by atoms with Crippen LogP contribution in [-0.2, 0) is 4.79 Å². The number of hydrogen-bond donors (Lipinski definition) is 2. The van der Waals surface area contributed by atoms with Gasteiger partial charge in [-0.3, -0.25) is 9.59 Å². The number of anilines is 2. The van der Waals surface area contributed by atoms with Gasteiger partial charge in [-0.2, -0.15) is 14.8 Å². The van der Waals surface area contributed by atoms with Gasteiger partial charge in [-0.15, -0.1) is 0 Å². The van der Waals surface area contributed by atoms with Crippen molar-refractivity contribution in [2.75, 3.05) is 10.6 Å². The van der Waals surface area contributed by atoms with Crippen LogP contribution in [0.4, 0.5) is 11.4 Å². The molecule has 7 heteroatoms. The van der Waals surface area contributed by atoms with Gasteiger partial charge < -0.3 is 10.6 Å². The van der Waals surface area contributed by atoms with Crippen molar-refractivity contribution in [1.82, 2.24) is 14.8 Å². The highest BCUT2D eigenvalue weighted by Crippen LogP contribution is 2.24. The molecule has 7 nitrogen and oxygen atoms in total. The second kappa shape index (κ2) is 5.88. The number of fused-ring (bicyclic) bond motifs is 1. The zero-order valence-corrected chi connectivity index (χ0v) is 12.7. The first-order chi connectivity index (χ1) is 11.0. The summed E-state index contributed by atoms with van der Waals surface area (Å²) in [6.45, 7) is 3.33. The maximum absolute atomic E-state index is 12.5. The summed E-state index contributed by atoms with van der Waals surface area (Å²) in [5, 5.41) is 13.6. The molecule has 3 aromatic rings. The van der Waals surface area contributed by atoms with Gasteiger partial charge in [0.05, 0.1) is 23.1 Å². The van der Waals surface area contributed by atoms with E-state index in [4.69, 9.17) is 0 Å². The summed E-state index contributed by atoms with van der Waals surface area (Å²) in [4.78, 5) is 23.8. The van der Waals surface area contributed by atoms with Gasteiger partial charge in [0, 0.05) is 13.1 Å². The molecule has 2 heterocycles. The van der Waals surface area contributed by atoms with E-state index < -0.39 is 0 Å². The first-order valence-corrected chi connectivity index (χ1v) is 7.03. The van der Waals surface area contributed by atoms with E-state index in [0.717, 1.165) is 5.56 Å². The molecule has 0 saturated carbocycles. The summed E-state index contributed by atoms with van der Waals surface area (Å²) in [7, 11) is 0. The molecule has 116 valence electrons. The highest BCUT2D eigenvalue weighted by molar-refractivity contribution is 6.10. The third-order valence-electron chi connectivity index (χ3n) is 3.28. The van der Waals surface area contributed by atoms with Gasteiger partial charge in [-0.05, 0) is 36.8 Å². The summed E-state index contributed by atoms with van der Waals surface area (Å²) in [5.41, 5.74) is 3.07. The highest BCUT2D eigenvalue weighted by atomic mass is 16.2. The van der Waals surface area contributed by atoms with Gasteiger partial charge in [0.25, 0.3) is 5.91 Å². The van der Waals surface area contributed by atoms with E-state index in [0.29, 0.717) is 22.5 Å². The Morgan fingerprint density at radius 1 is 1.09 bits per heavy atom. The molecule has 0 fully saturated rings. The molecule has 0 bridgehead atoms. The van der Waals surface area contributed by atoms with Crippen molar-refractivity contribution < 1.29 is 9.59 Å². The first kappa shape index (κ1) is 14.7. The van der Waals surface area contributed by atoms with Crippen LogP contribution in [0.1, 0.15) is 22.8 Å².